The number of aryl methyl sites for hydroxylation is 1. The number of rotatable bonds is 5. The summed E-state index contributed by atoms with van der Waals surface area (Å²) < 4.78 is 6.82. The van der Waals surface area contributed by atoms with E-state index in [4.69, 9.17) is 4.52 Å². The zero-order chi connectivity index (χ0) is 13.9. The SMILES string of the molecule is Cn1cc(CNCCc2ncno2)c(C(C)(C)C)n1. The first-order valence-electron chi connectivity index (χ1n) is 6.46. The van der Waals surface area contributed by atoms with E-state index >= 15 is 0 Å². The Balaban J connectivity index is 1.89. The van der Waals surface area contributed by atoms with Crippen molar-refractivity contribution >= 4 is 0 Å². The monoisotopic (exact) mass is 263 g/mol. The molecule has 0 saturated heterocycles. The molecule has 0 amide bonds. The summed E-state index contributed by atoms with van der Waals surface area (Å²) in [7, 11) is 1.96. The topological polar surface area (TPSA) is 68.8 Å². The van der Waals surface area contributed by atoms with Crippen molar-refractivity contribution in [3.8, 4) is 0 Å². The number of nitrogens with one attached hydrogen (secondary N) is 1. The van der Waals surface area contributed by atoms with Gasteiger partial charge in [-0.1, -0.05) is 25.9 Å². The average molecular weight is 263 g/mol. The molecule has 0 fully saturated rings. The van der Waals surface area contributed by atoms with E-state index < -0.39 is 0 Å². The molecule has 6 heteroatoms. The summed E-state index contributed by atoms with van der Waals surface area (Å²) >= 11 is 0. The molecule has 19 heavy (non-hydrogen) atoms. The first kappa shape index (κ1) is 13.7. The Bertz CT molecular complexity index is 510. The maximum Gasteiger partial charge on any atom is 0.227 e. The van der Waals surface area contributed by atoms with E-state index in [1.165, 1.54) is 11.9 Å². The van der Waals surface area contributed by atoms with Crippen LogP contribution in [0.1, 0.15) is 37.9 Å². The first-order valence-corrected chi connectivity index (χ1v) is 6.46. The summed E-state index contributed by atoms with van der Waals surface area (Å²) in [5.74, 6) is 0.662. The van der Waals surface area contributed by atoms with Crippen LogP contribution < -0.4 is 5.32 Å². The van der Waals surface area contributed by atoms with Crippen LogP contribution in [-0.2, 0) is 25.4 Å². The second-order valence-corrected chi connectivity index (χ2v) is 5.69. The van der Waals surface area contributed by atoms with Crippen LogP contribution in [0.25, 0.3) is 0 Å². The minimum Gasteiger partial charge on any atom is -0.340 e. The molecule has 2 rings (SSSR count). The summed E-state index contributed by atoms with van der Waals surface area (Å²) in [6.45, 7) is 8.14. The number of nitrogens with zero attached hydrogens (tertiary/aromatic N) is 4. The molecule has 1 N–H and O–H groups in total. The number of hydrogen-bond acceptors (Lipinski definition) is 5. The van der Waals surface area contributed by atoms with Crippen molar-refractivity contribution in [1.82, 2.24) is 25.2 Å². The van der Waals surface area contributed by atoms with E-state index in [0.29, 0.717) is 5.89 Å². The molecule has 2 aromatic heterocycles. The van der Waals surface area contributed by atoms with Gasteiger partial charge in [0.05, 0.1) is 5.69 Å². The van der Waals surface area contributed by atoms with Crippen LogP contribution in [0, 0.1) is 0 Å². The second-order valence-electron chi connectivity index (χ2n) is 5.69. The molecule has 0 bridgehead atoms. The Morgan fingerprint density at radius 3 is 2.79 bits per heavy atom. The molecule has 2 heterocycles. The van der Waals surface area contributed by atoms with Gasteiger partial charge in [0.2, 0.25) is 5.89 Å². The minimum atomic E-state index is 0.0603. The molecule has 0 aliphatic rings. The molecular formula is C13H21N5O. The van der Waals surface area contributed by atoms with Crippen molar-refractivity contribution < 1.29 is 4.52 Å². The van der Waals surface area contributed by atoms with Gasteiger partial charge in [0, 0.05) is 43.7 Å². The highest BCUT2D eigenvalue weighted by atomic mass is 16.5. The van der Waals surface area contributed by atoms with Crippen LogP contribution in [0.4, 0.5) is 0 Å². The van der Waals surface area contributed by atoms with Crippen molar-refractivity contribution in [1.29, 1.82) is 0 Å². The normalized spacial score (nSPS) is 12.0. The van der Waals surface area contributed by atoms with Gasteiger partial charge in [-0.3, -0.25) is 4.68 Å². The van der Waals surface area contributed by atoms with Crippen LogP contribution in [0.5, 0.6) is 0 Å². The third-order valence-electron chi connectivity index (χ3n) is 2.85. The quantitative estimate of drug-likeness (QED) is 0.826. The van der Waals surface area contributed by atoms with E-state index in [1.807, 2.05) is 11.7 Å². The summed E-state index contributed by atoms with van der Waals surface area (Å²) in [6.07, 6.45) is 4.24. The lowest BCUT2D eigenvalue weighted by atomic mass is 9.89. The first-order chi connectivity index (χ1) is 8.97. The largest absolute Gasteiger partial charge is 0.340 e. The molecule has 0 atom stereocenters. The molecule has 0 aromatic carbocycles. The van der Waals surface area contributed by atoms with Gasteiger partial charge < -0.3 is 9.84 Å². The zero-order valence-corrected chi connectivity index (χ0v) is 12.0. The van der Waals surface area contributed by atoms with Crippen LogP contribution in [0.2, 0.25) is 0 Å². The Morgan fingerprint density at radius 2 is 2.16 bits per heavy atom. The molecule has 0 spiro atoms. The standard InChI is InChI=1S/C13H21N5O/c1-13(2,3)12-10(8-18(4)17-12)7-14-6-5-11-15-9-16-19-11/h8-9,14H,5-7H2,1-4H3. The van der Waals surface area contributed by atoms with E-state index in [0.717, 1.165) is 25.2 Å². The predicted molar refractivity (Wildman–Crippen MR) is 71.6 cm³/mol. The molecule has 0 saturated carbocycles. The van der Waals surface area contributed by atoms with Gasteiger partial charge >= 0.3 is 0 Å². The molecule has 0 aliphatic heterocycles. The second kappa shape index (κ2) is 5.52. The van der Waals surface area contributed by atoms with Gasteiger partial charge in [-0.05, 0) is 0 Å². The molecule has 0 radical (unpaired) electrons. The fraction of sp³-hybridized carbons (Fsp3) is 0.615. The summed E-state index contributed by atoms with van der Waals surface area (Å²) in [6, 6.07) is 0. The molecule has 0 aliphatic carbocycles. The van der Waals surface area contributed by atoms with Crippen LogP contribution in [-0.4, -0.2) is 26.5 Å². The lowest BCUT2D eigenvalue weighted by molar-refractivity contribution is 0.374. The highest BCUT2D eigenvalue weighted by molar-refractivity contribution is 5.23. The Hall–Kier alpha value is -1.69. The lowest BCUT2D eigenvalue weighted by Gasteiger charge is -2.17. The van der Waals surface area contributed by atoms with Gasteiger partial charge in [-0.15, -0.1) is 0 Å². The third kappa shape index (κ3) is 3.64. The van der Waals surface area contributed by atoms with Crippen LogP contribution >= 0.6 is 0 Å². The summed E-state index contributed by atoms with van der Waals surface area (Å²) in [5, 5.41) is 11.5. The molecule has 2 aromatic rings. The summed E-state index contributed by atoms with van der Waals surface area (Å²) in [5.41, 5.74) is 2.44. The third-order valence-corrected chi connectivity index (χ3v) is 2.85. The fourth-order valence-electron chi connectivity index (χ4n) is 2.02. The van der Waals surface area contributed by atoms with Gasteiger partial charge in [0.1, 0.15) is 0 Å². The molecule has 6 nitrogen and oxygen atoms in total. The maximum absolute atomic E-state index is 4.95. The zero-order valence-electron chi connectivity index (χ0n) is 12.0. The Morgan fingerprint density at radius 1 is 1.37 bits per heavy atom. The highest BCUT2D eigenvalue weighted by Crippen LogP contribution is 2.23. The predicted octanol–water partition coefficient (Wildman–Crippen LogP) is 1.43. The number of hydrogen-bond donors (Lipinski definition) is 1. The van der Waals surface area contributed by atoms with E-state index in [2.05, 4.69) is 47.5 Å². The van der Waals surface area contributed by atoms with E-state index in [9.17, 15) is 0 Å². The van der Waals surface area contributed by atoms with Crippen LogP contribution in [0.15, 0.2) is 17.0 Å². The number of aromatic nitrogens is 4. The van der Waals surface area contributed by atoms with Gasteiger partial charge in [-0.25, -0.2) is 0 Å². The molecule has 0 unspecified atom stereocenters. The lowest BCUT2D eigenvalue weighted by Crippen LogP contribution is -2.20. The van der Waals surface area contributed by atoms with E-state index in [1.54, 1.807) is 0 Å². The smallest absolute Gasteiger partial charge is 0.227 e. The van der Waals surface area contributed by atoms with Crippen molar-refractivity contribution in [2.75, 3.05) is 6.54 Å². The van der Waals surface area contributed by atoms with Crippen molar-refractivity contribution in [3.05, 3.63) is 29.7 Å². The van der Waals surface area contributed by atoms with Crippen molar-refractivity contribution in [2.45, 2.75) is 39.2 Å². The Labute approximate surface area is 113 Å². The maximum atomic E-state index is 4.95. The van der Waals surface area contributed by atoms with Crippen molar-refractivity contribution in [3.63, 3.8) is 0 Å². The Kier molecular flexibility index (Phi) is 3.99. The fourth-order valence-corrected chi connectivity index (χ4v) is 2.02. The molecular weight excluding hydrogens is 242 g/mol. The van der Waals surface area contributed by atoms with E-state index in [-0.39, 0.29) is 5.41 Å². The molecule has 104 valence electrons. The van der Waals surface area contributed by atoms with Gasteiger partial charge in [0.25, 0.3) is 0 Å². The highest BCUT2D eigenvalue weighted by Gasteiger charge is 2.21. The van der Waals surface area contributed by atoms with Gasteiger partial charge in [0.15, 0.2) is 6.33 Å². The minimum absolute atomic E-state index is 0.0603. The van der Waals surface area contributed by atoms with Gasteiger partial charge in [-0.2, -0.15) is 10.1 Å². The summed E-state index contributed by atoms with van der Waals surface area (Å²) in [4.78, 5) is 3.99. The van der Waals surface area contributed by atoms with Crippen molar-refractivity contribution in [2.24, 2.45) is 7.05 Å². The average Bonchev–Trinajstić information content (AvgIpc) is 2.93. The van der Waals surface area contributed by atoms with Crippen LogP contribution in [0.3, 0.4) is 0 Å².